The van der Waals surface area contributed by atoms with Crippen molar-refractivity contribution < 1.29 is 14.0 Å². The minimum Gasteiger partial charge on any atom is -0.322 e. The number of nitrogens with one attached hydrogen (secondary N) is 2. The standard InChI is InChI=1S/C19H13ClFN3O2/c20-14-2-1-3-17(9-14)24-19(26)13-8-12(10-22-11-13)18(25)23-16-6-4-15(21)5-7-16/h1-11H,(H,23,25)(H,24,26). The highest BCUT2D eigenvalue weighted by Gasteiger charge is 2.12. The van der Waals surface area contributed by atoms with E-state index in [0.717, 1.165) is 0 Å². The quantitative estimate of drug-likeness (QED) is 0.717. The number of amides is 2. The van der Waals surface area contributed by atoms with Crippen LogP contribution in [0.15, 0.2) is 67.0 Å². The van der Waals surface area contributed by atoms with Crippen LogP contribution in [-0.4, -0.2) is 16.8 Å². The van der Waals surface area contributed by atoms with Crippen molar-refractivity contribution in [1.29, 1.82) is 0 Å². The molecule has 0 aliphatic rings. The molecule has 3 rings (SSSR count). The van der Waals surface area contributed by atoms with Gasteiger partial charge in [-0.1, -0.05) is 17.7 Å². The summed E-state index contributed by atoms with van der Waals surface area (Å²) in [4.78, 5) is 28.5. The number of nitrogens with zero attached hydrogens (tertiary/aromatic N) is 1. The molecule has 5 nitrogen and oxygen atoms in total. The molecule has 0 radical (unpaired) electrons. The van der Waals surface area contributed by atoms with E-state index in [1.165, 1.54) is 42.7 Å². The molecule has 0 saturated carbocycles. The van der Waals surface area contributed by atoms with E-state index in [2.05, 4.69) is 15.6 Å². The van der Waals surface area contributed by atoms with Crippen LogP contribution < -0.4 is 10.6 Å². The smallest absolute Gasteiger partial charge is 0.257 e. The summed E-state index contributed by atoms with van der Waals surface area (Å²) in [6.45, 7) is 0. The molecule has 0 aliphatic heterocycles. The van der Waals surface area contributed by atoms with Crippen molar-refractivity contribution in [2.24, 2.45) is 0 Å². The van der Waals surface area contributed by atoms with E-state index in [-0.39, 0.29) is 11.1 Å². The van der Waals surface area contributed by atoms with Crippen molar-refractivity contribution in [2.45, 2.75) is 0 Å². The third kappa shape index (κ3) is 4.43. The summed E-state index contributed by atoms with van der Waals surface area (Å²) >= 11 is 5.89. The van der Waals surface area contributed by atoms with E-state index in [0.29, 0.717) is 16.4 Å². The van der Waals surface area contributed by atoms with Gasteiger partial charge in [-0.25, -0.2) is 4.39 Å². The van der Waals surface area contributed by atoms with Crippen molar-refractivity contribution in [1.82, 2.24) is 4.98 Å². The maximum Gasteiger partial charge on any atom is 0.257 e. The van der Waals surface area contributed by atoms with Gasteiger partial charge in [0.15, 0.2) is 0 Å². The Morgan fingerprint density at radius 3 is 2.08 bits per heavy atom. The first kappa shape index (κ1) is 17.6. The van der Waals surface area contributed by atoms with Crippen LogP contribution in [-0.2, 0) is 0 Å². The van der Waals surface area contributed by atoms with Crippen LogP contribution in [0.2, 0.25) is 5.02 Å². The van der Waals surface area contributed by atoms with Gasteiger partial charge in [0.25, 0.3) is 11.8 Å². The van der Waals surface area contributed by atoms with Crippen LogP contribution in [0.5, 0.6) is 0 Å². The molecule has 0 unspecified atom stereocenters. The van der Waals surface area contributed by atoms with Gasteiger partial charge in [-0.2, -0.15) is 0 Å². The zero-order chi connectivity index (χ0) is 18.5. The minimum absolute atomic E-state index is 0.202. The average molecular weight is 370 g/mol. The van der Waals surface area contributed by atoms with Crippen LogP contribution in [0.25, 0.3) is 0 Å². The third-order valence-electron chi connectivity index (χ3n) is 3.45. The molecule has 0 spiro atoms. The molecule has 0 saturated heterocycles. The topological polar surface area (TPSA) is 71.1 Å². The lowest BCUT2D eigenvalue weighted by atomic mass is 10.1. The molecule has 2 aromatic carbocycles. The Labute approximate surface area is 153 Å². The second kappa shape index (κ2) is 7.76. The molecule has 2 N–H and O–H groups in total. The van der Waals surface area contributed by atoms with Crippen molar-refractivity contribution in [2.75, 3.05) is 10.6 Å². The molecule has 0 aliphatic carbocycles. The summed E-state index contributed by atoms with van der Waals surface area (Å²) in [5.41, 5.74) is 1.39. The Morgan fingerprint density at radius 1 is 0.846 bits per heavy atom. The van der Waals surface area contributed by atoms with Gasteiger partial charge in [-0.15, -0.1) is 0 Å². The van der Waals surface area contributed by atoms with Crippen LogP contribution in [0, 0.1) is 5.82 Å². The van der Waals surface area contributed by atoms with Crippen LogP contribution >= 0.6 is 11.6 Å². The number of rotatable bonds is 4. The predicted octanol–water partition coefficient (Wildman–Crippen LogP) is 4.38. The van der Waals surface area contributed by atoms with Crippen molar-refractivity contribution in [3.8, 4) is 0 Å². The third-order valence-corrected chi connectivity index (χ3v) is 3.68. The predicted molar refractivity (Wildman–Crippen MR) is 98.0 cm³/mol. The van der Waals surface area contributed by atoms with E-state index in [1.807, 2.05) is 0 Å². The molecule has 26 heavy (non-hydrogen) atoms. The SMILES string of the molecule is O=C(Nc1ccc(F)cc1)c1cncc(C(=O)Nc2cccc(Cl)c2)c1. The number of halogens is 2. The van der Waals surface area contributed by atoms with Gasteiger partial charge >= 0.3 is 0 Å². The number of carbonyl (C=O) groups is 2. The van der Waals surface area contributed by atoms with E-state index in [1.54, 1.807) is 24.3 Å². The van der Waals surface area contributed by atoms with Gasteiger partial charge in [0, 0.05) is 28.8 Å². The van der Waals surface area contributed by atoms with Gasteiger partial charge in [0.1, 0.15) is 5.82 Å². The van der Waals surface area contributed by atoms with E-state index in [4.69, 9.17) is 11.6 Å². The Morgan fingerprint density at radius 2 is 1.46 bits per heavy atom. The fourth-order valence-corrected chi connectivity index (χ4v) is 2.38. The van der Waals surface area contributed by atoms with Crippen molar-refractivity contribution >= 4 is 34.8 Å². The summed E-state index contributed by atoms with van der Waals surface area (Å²) in [5, 5.41) is 5.79. The van der Waals surface area contributed by atoms with Gasteiger partial charge in [-0.05, 0) is 48.5 Å². The van der Waals surface area contributed by atoms with Crippen LogP contribution in [0.4, 0.5) is 15.8 Å². The molecule has 3 aromatic rings. The Hall–Kier alpha value is -3.25. The van der Waals surface area contributed by atoms with E-state index in [9.17, 15) is 14.0 Å². The van der Waals surface area contributed by atoms with Gasteiger partial charge < -0.3 is 10.6 Å². The number of pyridine rings is 1. The molecule has 7 heteroatoms. The molecular weight excluding hydrogens is 357 g/mol. The Balaban J connectivity index is 1.73. The summed E-state index contributed by atoms with van der Waals surface area (Å²) in [5.74, 6) is -1.28. The van der Waals surface area contributed by atoms with Crippen molar-refractivity contribution in [3.05, 3.63) is 89.0 Å². The number of anilines is 2. The lowest BCUT2D eigenvalue weighted by Gasteiger charge is -2.08. The summed E-state index contributed by atoms with van der Waals surface area (Å²) in [6, 6.07) is 13.5. The zero-order valence-electron chi connectivity index (χ0n) is 13.4. The Kier molecular flexibility index (Phi) is 5.24. The van der Waals surface area contributed by atoms with Crippen LogP contribution in [0.3, 0.4) is 0 Å². The summed E-state index contributed by atoms with van der Waals surface area (Å²) < 4.78 is 12.9. The number of aromatic nitrogens is 1. The van der Waals surface area contributed by atoms with E-state index < -0.39 is 17.6 Å². The molecule has 130 valence electrons. The van der Waals surface area contributed by atoms with Crippen LogP contribution in [0.1, 0.15) is 20.7 Å². The van der Waals surface area contributed by atoms with Gasteiger partial charge in [0.05, 0.1) is 11.1 Å². The lowest BCUT2D eigenvalue weighted by molar-refractivity contribution is 0.102. The fourth-order valence-electron chi connectivity index (χ4n) is 2.19. The normalized spacial score (nSPS) is 10.2. The second-order valence-electron chi connectivity index (χ2n) is 5.39. The monoisotopic (exact) mass is 369 g/mol. The highest BCUT2D eigenvalue weighted by Crippen LogP contribution is 2.16. The fraction of sp³-hybridized carbons (Fsp3) is 0. The zero-order valence-corrected chi connectivity index (χ0v) is 14.1. The number of carbonyl (C=O) groups excluding carboxylic acids is 2. The maximum absolute atomic E-state index is 12.9. The molecule has 0 bridgehead atoms. The van der Waals surface area contributed by atoms with E-state index >= 15 is 0 Å². The molecule has 2 amide bonds. The lowest BCUT2D eigenvalue weighted by Crippen LogP contribution is -2.16. The number of hydrogen-bond acceptors (Lipinski definition) is 3. The Bertz CT molecular complexity index is 961. The van der Waals surface area contributed by atoms with Gasteiger partial charge in [0.2, 0.25) is 0 Å². The van der Waals surface area contributed by atoms with Gasteiger partial charge in [-0.3, -0.25) is 14.6 Å². The highest BCUT2D eigenvalue weighted by atomic mass is 35.5. The second-order valence-corrected chi connectivity index (χ2v) is 5.82. The molecule has 1 aromatic heterocycles. The summed E-state index contributed by atoms with van der Waals surface area (Å²) in [7, 11) is 0. The first-order chi connectivity index (χ1) is 12.5. The maximum atomic E-state index is 12.9. The largest absolute Gasteiger partial charge is 0.322 e. The first-order valence-electron chi connectivity index (χ1n) is 7.60. The van der Waals surface area contributed by atoms with Crippen molar-refractivity contribution in [3.63, 3.8) is 0 Å². The molecule has 0 atom stereocenters. The average Bonchev–Trinajstić information content (AvgIpc) is 2.64. The minimum atomic E-state index is -0.457. The number of benzene rings is 2. The molecular formula is C19H13ClFN3O2. The molecule has 0 fully saturated rings. The highest BCUT2D eigenvalue weighted by molar-refractivity contribution is 6.31. The number of hydrogen-bond donors (Lipinski definition) is 2. The molecule has 1 heterocycles. The summed E-state index contributed by atoms with van der Waals surface area (Å²) in [6.07, 6.45) is 2.70. The first-order valence-corrected chi connectivity index (χ1v) is 7.98.